The molecular formula is C16H27FIN3O2. The van der Waals surface area contributed by atoms with Gasteiger partial charge in [-0.3, -0.25) is 0 Å². The van der Waals surface area contributed by atoms with E-state index in [1.54, 1.807) is 19.2 Å². The van der Waals surface area contributed by atoms with Crippen LogP contribution in [-0.4, -0.2) is 45.4 Å². The molecule has 132 valence electrons. The molecule has 1 aromatic rings. The number of methoxy groups -OCH3 is 1. The highest BCUT2D eigenvalue weighted by molar-refractivity contribution is 14.0. The molecule has 0 aliphatic heterocycles. The van der Waals surface area contributed by atoms with Crippen LogP contribution in [-0.2, 0) is 4.74 Å². The van der Waals surface area contributed by atoms with Crippen molar-refractivity contribution in [2.45, 2.75) is 26.4 Å². The molecule has 0 bridgehead atoms. The summed E-state index contributed by atoms with van der Waals surface area (Å²) in [5.41, 5.74) is 0. The fourth-order valence-electron chi connectivity index (χ4n) is 1.77. The van der Waals surface area contributed by atoms with Gasteiger partial charge in [-0.05, 0) is 44.5 Å². The largest absolute Gasteiger partial charge is 0.489 e. The van der Waals surface area contributed by atoms with E-state index in [9.17, 15) is 4.39 Å². The summed E-state index contributed by atoms with van der Waals surface area (Å²) in [7, 11) is 1.69. The Hall–Kier alpha value is -1.09. The molecule has 2 N–H and O–H groups in total. The number of nitrogens with zero attached hydrogens (tertiary/aromatic N) is 1. The van der Waals surface area contributed by atoms with E-state index < -0.39 is 0 Å². The quantitative estimate of drug-likeness (QED) is 0.269. The second kappa shape index (κ2) is 13.4. The van der Waals surface area contributed by atoms with Crippen LogP contribution in [0.4, 0.5) is 4.39 Å². The molecule has 0 aliphatic rings. The molecule has 0 saturated carbocycles. The number of nitrogens with one attached hydrogen (secondary N) is 2. The number of rotatable bonds is 9. The Labute approximate surface area is 155 Å². The van der Waals surface area contributed by atoms with Crippen molar-refractivity contribution in [1.82, 2.24) is 10.6 Å². The predicted octanol–water partition coefficient (Wildman–Crippen LogP) is 2.80. The second-order valence-corrected chi connectivity index (χ2v) is 4.88. The zero-order chi connectivity index (χ0) is 16.2. The highest BCUT2D eigenvalue weighted by atomic mass is 127. The van der Waals surface area contributed by atoms with E-state index >= 15 is 0 Å². The van der Waals surface area contributed by atoms with E-state index in [1.807, 2.05) is 13.8 Å². The van der Waals surface area contributed by atoms with E-state index in [1.165, 1.54) is 12.1 Å². The lowest BCUT2D eigenvalue weighted by Crippen LogP contribution is -2.38. The third-order valence-electron chi connectivity index (χ3n) is 2.82. The number of hydrogen-bond donors (Lipinski definition) is 2. The Morgan fingerprint density at radius 3 is 2.57 bits per heavy atom. The van der Waals surface area contributed by atoms with Gasteiger partial charge in [-0.1, -0.05) is 0 Å². The van der Waals surface area contributed by atoms with E-state index in [2.05, 4.69) is 15.6 Å². The van der Waals surface area contributed by atoms with Gasteiger partial charge in [0.05, 0.1) is 6.54 Å². The first-order valence-electron chi connectivity index (χ1n) is 7.59. The number of aliphatic imine (C=N–C) groups is 1. The number of guanidine groups is 1. The van der Waals surface area contributed by atoms with Crippen LogP contribution in [0.2, 0.25) is 0 Å². The average Bonchev–Trinajstić information content (AvgIpc) is 2.51. The molecule has 0 saturated heterocycles. The summed E-state index contributed by atoms with van der Waals surface area (Å²) in [6.07, 6.45) is 0.822. The summed E-state index contributed by atoms with van der Waals surface area (Å²) in [5, 5.41) is 6.42. The standard InChI is InChI=1S/C16H26FN3O2.HI/c1-4-18-16(19-10-5-11-21-3)20-12-13(2)22-15-8-6-14(17)7-9-15;/h6-9,13H,4-5,10-12H2,1-3H3,(H2,18,19,20);1H. The molecule has 7 heteroatoms. The smallest absolute Gasteiger partial charge is 0.191 e. The van der Waals surface area contributed by atoms with Gasteiger partial charge in [-0.2, -0.15) is 0 Å². The van der Waals surface area contributed by atoms with Crippen LogP contribution < -0.4 is 15.4 Å². The van der Waals surface area contributed by atoms with Gasteiger partial charge in [0.1, 0.15) is 17.7 Å². The summed E-state index contributed by atoms with van der Waals surface area (Å²) >= 11 is 0. The van der Waals surface area contributed by atoms with E-state index in [4.69, 9.17) is 9.47 Å². The van der Waals surface area contributed by atoms with Gasteiger partial charge < -0.3 is 20.1 Å². The minimum Gasteiger partial charge on any atom is -0.489 e. The first kappa shape index (κ1) is 21.9. The lowest BCUT2D eigenvalue weighted by molar-refractivity contribution is 0.195. The van der Waals surface area contributed by atoms with Crippen LogP contribution in [0.5, 0.6) is 5.75 Å². The van der Waals surface area contributed by atoms with Gasteiger partial charge in [0.25, 0.3) is 0 Å². The number of halogens is 2. The molecule has 0 spiro atoms. The zero-order valence-electron chi connectivity index (χ0n) is 14.0. The molecule has 23 heavy (non-hydrogen) atoms. The Balaban J connectivity index is 0.00000484. The summed E-state index contributed by atoms with van der Waals surface area (Å²) < 4.78 is 23.5. The van der Waals surface area contributed by atoms with Gasteiger partial charge in [0.15, 0.2) is 5.96 Å². The van der Waals surface area contributed by atoms with Gasteiger partial charge in [0.2, 0.25) is 0 Å². The molecule has 1 atom stereocenters. The molecule has 1 aromatic carbocycles. The molecule has 0 aromatic heterocycles. The molecule has 0 aliphatic carbocycles. The van der Waals surface area contributed by atoms with Crippen molar-refractivity contribution in [3.63, 3.8) is 0 Å². The zero-order valence-corrected chi connectivity index (χ0v) is 16.3. The third-order valence-corrected chi connectivity index (χ3v) is 2.82. The van der Waals surface area contributed by atoms with Crippen molar-refractivity contribution >= 4 is 29.9 Å². The maximum absolute atomic E-state index is 12.8. The van der Waals surface area contributed by atoms with E-state index in [-0.39, 0.29) is 35.9 Å². The number of ether oxygens (including phenoxy) is 2. The summed E-state index contributed by atoms with van der Waals surface area (Å²) in [5.74, 6) is 1.13. The Morgan fingerprint density at radius 1 is 1.26 bits per heavy atom. The maximum atomic E-state index is 12.8. The molecule has 0 fully saturated rings. The number of benzene rings is 1. The highest BCUT2D eigenvalue weighted by Crippen LogP contribution is 2.12. The van der Waals surface area contributed by atoms with Gasteiger partial charge in [0, 0.05) is 26.8 Å². The van der Waals surface area contributed by atoms with Gasteiger partial charge in [-0.25, -0.2) is 9.38 Å². The van der Waals surface area contributed by atoms with Crippen LogP contribution in [0, 0.1) is 5.82 Å². The SMILES string of the molecule is CCNC(=NCC(C)Oc1ccc(F)cc1)NCCCOC.I. The van der Waals surface area contributed by atoms with Crippen molar-refractivity contribution in [2.75, 3.05) is 33.4 Å². The Kier molecular flexibility index (Phi) is 12.7. The molecule has 0 heterocycles. The monoisotopic (exact) mass is 439 g/mol. The summed E-state index contributed by atoms with van der Waals surface area (Å²) in [4.78, 5) is 4.48. The van der Waals surface area contributed by atoms with Crippen molar-refractivity contribution in [2.24, 2.45) is 4.99 Å². The first-order valence-corrected chi connectivity index (χ1v) is 7.59. The Bertz CT molecular complexity index is 443. The normalized spacial score (nSPS) is 12.3. The molecule has 1 unspecified atom stereocenters. The fourth-order valence-corrected chi connectivity index (χ4v) is 1.77. The van der Waals surface area contributed by atoms with Crippen LogP contribution in [0.1, 0.15) is 20.3 Å². The maximum Gasteiger partial charge on any atom is 0.191 e. The highest BCUT2D eigenvalue weighted by Gasteiger charge is 2.05. The predicted molar refractivity (Wildman–Crippen MR) is 102 cm³/mol. The average molecular weight is 439 g/mol. The minimum absolute atomic E-state index is 0. The molecule has 0 amide bonds. The van der Waals surface area contributed by atoms with Gasteiger partial charge >= 0.3 is 0 Å². The molecule has 5 nitrogen and oxygen atoms in total. The Morgan fingerprint density at radius 2 is 1.96 bits per heavy atom. The van der Waals surface area contributed by atoms with Crippen LogP contribution in [0.3, 0.4) is 0 Å². The lowest BCUT2D eigenvalue weighted by atomic mass is 10.3. The molecular weight excluding hydrogens is 412 g/mol. The lowest BCUT2D eigenvalue weighted by Gasteiger charge is -2.15. The van der Waals surface area contributed by atoms with E-state index in [0.29, 0.717) is 12.3 Å². The first-order chi connectivity index (χ1) is 10.7. The minimum atomic E-state index is -0.271. The summed E-state index contributed by atoms with van der Waals surface area (Å²) in [6, 6.07) is 5.99. The van der Waals surface area contributed by atoms with Crippen molar-refractivity contribution in [3.8, 4) is 5.75 Å². The number of hydrogen-bond acceptors (Lipinski definition) is 3. The topological polar surface area (TPSA) is 54.9 Å². The molecule has 1 rings (SSSR count). The fraction of sp³-hybridized carbons (Fsp3) is 0.562. The molecule has 0 radical (unpaired) electrons. The van der Waals surface area contributed by atoms with E-state index in [0.717, 1.165) is 32.1 Å². The van der Waals surface area contributed by atoms with Crippen LogP contribution in [0.15, 0.2) is 29.3 Å². The van der Waals surface area contributed by atoms with Gasteiger partial charge in [-0.15, -0.1) is 24.0 Å². The summed E-state index contributed by atoms with van der Waals surface area (Å²) in [6.45, 7) is 6.77. The third kappa shape index (κ3) is 10.3. The second-order valence-electron chi connectivity index (χ2n) is 4.88. The van der Waals surface area contributed by atoms with Crippen LogP contribution >= 0.6 is 24.0 Å². The van der Waals surface area contributed by atoms with Crippen LogP contribution in [0.25, 0.3) is 0 Å². The van der Waals surface area contributed by atoms with Crippen molar-refractivity contribution < 1.29 is 13.9 Å². The van der Waals surface area contributed by atoms with Crippen molar-refractivity contribution in [1.29, 1.82) is 0 Å². The van der Waals surface area contributed by atoms with Crippen molar-refractivity contribution in [3.05, 3.63) is 30.1 Å².